The number of Topliss-reactive ketones (excluding diaryl/α,β-unsaturated/α-hetero) is 2. The Hall–Kier alpha value is -3.02. The summed E-state index contributed by atoms with van der Waals surface area (Å²) in [4.78, 5) is 53.4. The molecule has 188 valence electrons. The van der Waals surface area contributed by atoms with Gasteiger partial charge >= 0.3 is 0 Å². The fourth-order valence-electron chi connectivity index (χ4n) is 7.97. The van der Waals surface area contributed by atoms with Gasteiger partial charge in [0.2, 0.25) is 11.8 Å². The molecule has 0 aromatic heterocycles. The van der Waals surface area contributed by atoms with E-state index in [-0.39, 0.29) is 35.2 Å². The number of amides is 2. The number of ketones is 2. The van der Waals surface area contributed by atoms with E-state index in [1.165, 1.54) is 0 Å². The van der Waals surface area contributed by atoms with E-state index in [2.05, 4.69) is 10.6 Å². The Morgan fingerprint density at radius 3 is 1.42 bits per heavy atom. The van der Waals surface area contributed by atoms with Gasteiger partial charge in [-0.25, -0.2) is 0 Å². The summed E-state index contributed by atoms with van der Waals surface area (Å²) < 4.78 is 0. The molecule has 6 nitrogen and oxygen atoms in total. The van der Waals surface area contributed by atoms with Crippen LogP contribution in [0.15, 0.2) is 36.4 Å². The lowest BCUT2D eigenvalue weighted by Gasteiger charge is -2.32. The minimum Gasteiger partial charge on any atom is -0.325 e. The van der Waals surface area contributed by atoms with Gasteiger partial charge in [0.1, 0.15) is 10.8 Å². The lowest BCUT2D eigenvalue weighted by Crippen LogP contribution is -2.44. The quantitative estimate of drug-likeness (QED) is 0.558. The molecule has 6 heteroatoms. The van der Waals surface area contributed by atoms with Crippen LogP contribution in [-0.4, -0.2) is 23.4 Å². The molecule has 4 bridgehead atoms. The molecule has 2 amide bonds. The first-order chi connectivity index (χ1) is 16.9. The van der Waals surface area contributed by atoms with Gasteiger partial charge in [-0.3, -0.25) is 19.2 Å². The molecule has 4 aliphatic rings. The van der Waals surface area contributed by atoms with Crippen LogP contribution in [0.1, 0.15) is 66.2 Å². The van der Waals surface area contributed by atoms with Gasteiger partial charge in [-0.15, -0.1) is 0 Å². The van der Waals surface area contributed by atoms with E-state index >= 15 is 0 Å². The van der Waals surface area contributed by atoms with Crippen molar-refractivity contribution in [1.82, 2.24) is 0 Å². The predicted molar refractivity (Wildman–Crippen MR) is 138 cm³/mol. The van der Waals surface area contributed by atoms with Crippen LogP contribution in [0.5, 0.6) is 0 Å². The largest absolute Gasteiger partial charge is 0.325 e. The normalized spacial score (nSPS) is 33.3. The van der Waals surface area contributed by atoms with E-state index < -0.39 is 21.7 Å². The summed E-state index contributed by atoms with van der Waals surface area (Å²) in [5, 5.41) is 7.71. The van der Waals surface area contributed by atoms with Crippen LogP contribution in [0.2, 0.25) is 0 Å². The van der Waals surface area contributed by atoms with Crippen LogP contribution in [0, 0.1) is 33.5 Å². The number of rotatable bonds is 4. The van der Waals surface area contributed by atoms with Gasteiger partial charge in [-0.1, -0.05) is 52.0 Å². The zero-order chi connectivity index (χ0) is 25.7. The highest BCUT2D eigenvalue weighted by molar-refractivity contribution is 6.19. The monoisotopic (exact) mass is 486 g/mol. The van der Waals surface area contributed by atoms with Gasteiger partial charge in [0.05, 0.1) is 0 Å². The van der Waals surface area contributed by atoms with Gasteiger partial charge in [0.25, 0.3) is 0 Å². The second kappa shape index (κ2) is 7.27. The number of nitrogens with one attached hydrogen (secondary N) is 2. The van der Waals surface area contributed by atoms with Gasteiger partial charge < -0.3 is 10.6 Å². The molecule has 2 N–H and O–H groups in total. The first-order valence-corrected chi connectivity index (χ1v) is 13.2. The molecule has 4 atom stereocenters. The Balaban J connectivity index is 1.29. The molecule has 6 rings (SSSR count). The van der Waals surface area contributed by atoms with Crippen LogP contribution >= 0.6 is 0 Å². The molecule has 0 spiro atoms. The molecule has 4 unspecified atom stereocenters. The molecule has 0 saturated heterocycles. The first-order valence-electron chi connectivity index (χ1n) is 13.2. The Morgan fingerprint density at radius 1 is 0.694 bits per heavy atom. The Morgan fingerprint density at radius 2 is 1.08 bits per heavy atom. The highest BCUT2D eigenvalue weighted by Gasteiger charge is 2.66. The standard InChI is InChI=1S/C30H34N2O4/c1-27(2)17-11-13-29(15-17,23(27)33)25(35)31-21-9-5-8-20-19(21)7-6-10-22(20)32-26(36)30-14-12-18(16-30)28(3,4)24(30)34/h5-10,17-18H,11-16H2,1-4H3,(H,31,35)(H,32,36). The number of carbonyl (C=O) groups is 4. The van der Waals surface area contributed by atoms with Gasteiger partial charge in [0, 0.05) is 33.0 Å². The summed E-state index contributed by atoms with van der Waals surface area (Å²) in [5.41, 5.74) is -1.57. The molecule has 0 aliphatic heterocycles. The number of hydrogen-bond donors (Lipinski definition) is 2. The molecular formula is C30H34N2O4. The summed E-state index contributed by atoms with van der Waals surface area (Å²) in [5.74, 6) is 0.158. The SMILES string of the molecule is CC1(C)C(=O)C2(C(=O)Nc3cccc4c(NC(=O)C56CCC(C5)C(C)(C)C6=O)cccc34)CCC1C2. The Bertz CT molecular complexity index is 1250. The molecule has 4 saturated carbocycles. The summed E-state index contributed by atoms with van der Waals surface area (Å²) in [6.45, 7) is 7.85. The summed E-state index contributed by atoms with van der Waals surface area (Å²) in [6.07, 6.45) is 4.23. The van der Waals surface area contributed by atoms with E-state index in [4.69, 9.17) is 0 Å². The maximum Gasteiger partial charge on any atom is 0.238 e. The fourth-order valence-corrected chi connectivity index (χ4v) is 7.97. The fraction of sp³-hybridized carbons (Fsp3) is 0.533. The van der Waals surface area contributed by atoms with E-state index in [0.29, 0.717) is 37.1 Å². The molecule has 0 heterocycles. The van der Waals surface area contributed by atoms with Crippen LogP contribution in [-0.2, 0) is 19.2 Å². The average molecular weight is 487 g/mol. The second-order valence-corrected chi connectivity index (χ2v) is 12.8. The van der Waals surface area contributed by atoms with Crippen LogP contribution in [0.25, 0.3) is 10.8 Å². The van der Waals surface area contributed by atoms with Crippen molar-refractivity contribution in [3.63, 3.8) is 0 Å². The van der Waals surface area contributed by atoms with Crippen molar-refractivity contribution < 1.29 is 19.2 Å². The predicted octanol–water partition coefficient (Wildman–Crippen LogP) is 5.51. The van der Waals surface area contributed by atoms with Crippen molar-refractivity contribution in [2.75, 3.05) is 10.6 Å². The van der Waals surface area contributed by atoms with Crippen LogP contribution in [0.4, 0.5) is 11.4 Å². The van der Waals surface area contributed by atoms with Gasteiger partial charge in [0.15, 0.2) is 11.6 Å². The lowest BCUT2D eigenvalue weighted by atomic mass is 9.70. The molecule has 4 fully saturated rings. The number of benzene rings is 2. The zero-order valence-electron chi connectivity index (χ0n) is 21.5. The molecule has 0 radical (unpaired) electrons. The molecule has 36 heavy (non-hydrogen) atoms. The summed E-state index contributed by atoms with van der Waals surface area (Å²) in [6, 6.07) is 11.2. The minimum absolute atomic E-state index is 0.0511. The number of fused-ring (bicyclic) bond motifs is 5. The summed E-state index contributed by atoms with van der Waals surface area (Å²) >= 11 is 0. The molecule has 2 aromatic carbocycles. The maximum atomic E-state index is 13.5. The van der Waals surface area contributed by atoms with E-state index in [1.54, 1.807) is 0 Å². The third kappa shape index (κ3) is 2.84. The van der Waals surface area contributed by atoms with Crippen molar-refractivity contribution in [1.29, 1.82) is 0 Å². The van der Waals surface area contributed by atoms with Crippen molar-refractivity contribution in [3.8, 4) is 0 Å². The zero-order valence-corrected chi connectivity index (χ0v) is 21.5. The van der Waals surface area contributed by atoms with E-state index in [1.807, 2.05) is 64.1 Å². The smallest absolute Gasteiger partial charge is 0.238 e. The van der Waals surface area contributed by atoms with Gasteiger partial charge in [-0.2, -0.15) is 0 Å². The minimum atomic E-state index is -0.948. The van der Waals surface area contributed by atoms with E-state index in [0.717, 1.165) is 23.6 Å². The first kappa shape index (κ1) is 23.4. The molecule has 2 aromatic rings. The van der Waals surface area contributed by atoms with E-state index in [9.17, 15) is 19.2 Å². The number of hydrogen-bond acceptors (Lipinski definition) is 4. The van der Waals surface area contributed by atoms with Crippen molar-refractivity contribution >= 4 is 45.5 Å². The maximum absolute atomic E-state index is 13.5. The number of carbonyl (C=O) groups excluding carboxylic acids is 4. The molecule has 4 aliphatic carbocycles. The Labute approximate surface area is 211 Å². The van der Waals surface area contributed by atoms with Crippen LogP contribution < -0.4 is 10.6 Å². The second-order valence-electron chi connectivity index (χ2n) is 12.8. The third-order valence-electron chi connectivity index (χ3n) is 10.4. The Kier molecular flexibility index (Phi) is 4.72. The van der Waals surface area contributed by atoms with Crippen molar-refractivity contribution in [3.05, 3.63) is 36.4 Å². The number of anilines is 2. The van der Waals surface area contributed by atoms with Crippen molar-refractivity contribution in [2.45, 2.75) is 66.2 Å². The highest BCUT2D eigenvalue weighted by atomic mass is 16.2. The highest BCUT2D eigenvalue weighted by Crippen LogP contribution is 2.61. The molecular weight excluding hydrogens is 452 g/mol. The summed E-state index contributed by atoms with van der Waals surface area (Å²) in [7, 11) is 0. The van der Waals surface area contributed by atoms with Crippen molar-refractivity contribution in [2.24, 2.45) is 33.5 Å². The van der Waals surface area contributed by atoms with Crippen LogP contribution in [0.3, 0.4) is 0 Å². The average Bonchev–Trinajstić information content (AvgIpc) is 3.57. The lowest BCUT2D eigenvalue weighted by molar-refractivity contribution is -0.143. The third-order valence-corrected chi connectivity index (χ3v) is 10.4. The van der Waals surface area contributed by atoms with Gasteiger partial charge in [-0.05, 0) is 62.5 Å². The topological polar surface area (TPSA) is 92.3 Å².